The van der Waals surface area contributed by atoms with E-state index < -0.39 is 29.0 Å². The monoisotopic (exact) mass is 350 g/mol. The zero-order valence-corrected chi connectivity index (χ0v) is 13.7. The third-order valence-corrected chi connectivity index (χ3v) is 3.34. The van der Waals surface area contributed by atoms with E-state index in [1.807, 2.05) is 13.8 Å². The summed E-state index contributed by atoms with van der Waals surface area (Å²) in [6.45, 7) is 4.37. The first-order chi connectivity index (χ1) is 11.8. The maximum absolute atomic E-state index is 13.6. The summed E-state index contributed by atoms with van der Waals surface area (Å²) < 4.78 is 39.8. The largest absolute Gasteiger partial charge is 0.352 e. The quantitative estimate of drug-likeness (QED) is 0.807. The molecule has 2 aromatic carbocycles. The number of hydrogen-bond donors (Lipinski definition) is 2. The topological polar surface area (TPSA) is 58.2 Å². The van der Waals surface area contributed by atoms with Crippen molar-refractivity contribution in [2.75, 3.05) is 11.9 Å². The van der Waals surface area contributed by atoms with Gasteiger partial charge in [-0.2, -0.15) is 0 Å². The lowest BCUT2D eigenvalue weighted by Crippen LogP contribution is -2.27. The first-order valence-corrected chi connectivity index (χ1v) is 7.62. The van der Waals surface area contributed by atoms with Crippen molar-refractivity contribution >= 4 is 17.5 Å². The van der Waals surface area contributed by atoms with Crippen LogP contribution < -0.4 is 10.6 Å². The predicted octanol–water partition coefficient (Wildman–Crippen LogP) is 3.74. The minimum absolute atomic E-state index is 0.0846. The molecular weight excluding hydrogens is 333 g/mol. The van der Waals surface area contributed by atoms with E-state index in [0.717, 1.165) is 6.07 Å². The molecule has 2 aromatic rings. The first kappa shape index (κ1) is 18.5. The van der Waals surface area contributed by atoms with Gasteiger partial charge in [0, 0.05) is 17.7 Å². The zero-order chi connectivity index (χ0) is 18.6. The standard InChI is InChI=1S/C18H17F3N2O2/c1-10(2)9-22-17(24)11-4-3-5-12(8-11)18(25)23-14-7-6-13(19)15(20)16(14)21/h3-8,10H,9H2,1-2H3,(H,22,24)(H,23,25). The van der Waals surface area contributed by atoms with Gasteiger partial charge in [0.25, 0.3) is 11.8 Å². The highest BCUT2D eigenvalue weighted by Gasteiger charge is 2.17. The molecule has 0 saturated heterocycles. The number of carbonyl (C=O) groups excluding carboxylic acids is 2. The molecule has 0 aliphatic carbocycles. The Morgan fingerprint density at radius 1 is 0.960 bits per heavy atom. The Morgan fingerprint density at radius 2 is 1.60 bits per heavy atom. The summed E-state index contributed by atoms with van der Waals surface area (Å²) in [7, 11) is 0. The van der Waals surface area contributed by atoms with Gasteiger partial charge in [0.2, 0.25) is 0 Å². The van der Waals surface area contributed by atoms with Crippen LogP contribution in [0.5, 0.6) is 0 Å². The van der Waals surface area contributed by atoms with Gasteiger partial charge in [0.15, 0.2) is 17.5 Å². The highest BCUT2D eigenvalue weighted by molar-refractivity contribution is 6.06. The molecule has 2 N–H and O–H groups in total. The second-order valence-corrected chi connectivity index (χ2v) is 5.86. The molecule has 0 aromatic heterocycles. The van der Waals surface area contributed by atoms with E-state index in [-0.39, 0.29) is 23.0 Å². The lowest BCUT2D eigenvalue weighted by molar-refractivity contribution is 0.0949. The second-order valence-electron chi connectivity index (χ2n) is 5.86. The smallest absolute Gasteiger partial charge is 0.255 e. The Bertz CT molecular complexity index is 807. The lowest BCUT2D eigenvalue weighted by Gasteiger charge is -2.10. The fraction of sp³-hybridized carbons (Fsp3) is 0.222. The van der Waals surface area contributed by atoms with Gasteiger partial charge < -0.3 is 10.6 Å². The molecular formula is C18H17F3N2O2. The predicted molar refractivity (Wildman–Crippen MR) is 87.9 cm³/mol. The second kappa shape index (κ2) is 7.83. The maximum atomic E-state index is 13.6. The summed E-state index contributed by atoms with van der Waals surface area (Å²) >= 11 is 0. The number of nitrogens with one attached hydrogen (secondary N) is 2. The molecule has 7 heteroatoms. The first-order valence-electron chi connectivity index (χ1n) is 7.62. The van der Waals surface area contributed by atoms with E-state index in [1.54, 1.807) is 0 Å². The number of benzene rings is 2. The molecule has 25 heavy (non-hydrogen) atoms. The fourth-order valence-electron chi connectivity index (χ4n) is 2.02. The molecule has 2 rings (SSSR count). The summed E-state index contributed by atoms with van der Waals surface area (Å²) in [5.74, 6) is -5.32. The van der Waals surface area contributed by atoms with Crippen molar-refractivity contribution in [3.63, 3.8) is 0 Å². The van der Waals surface area contributed by atoms with Crippen molar-refractivity contribution < 1.29 is 22.8 Å². The van der Waals surface area contributed by atoms with Gasteiger partial charge >= 0.3 is 0 Å². The number of hydrogen-bond acceptors (Lipinski definition) is 2. The summed E-state index contributed by atoms with van der Waals surface area (Å²) in [4.78, 5) is 24.2. The maximum Gasteiger partial charge on any atom is 0.255 e. The molecule has 0 unspecified atom stereocenters. The third-order valence-electron chi connectivity index (χ3n) is 3.34. The van der Waals surface area contributed by atoms with Crippen molar-refractivity contribution in [3.8, 4) is 0 Å². The van der Waals surface area contributed by atoms with Crippen LogP contribution in [-0.2, 0) is 0 Å². The van der Waals surface area contributed by atoms with Gasteiger partial charge in [0.05, 0.1) is 5.69 Å². The Labute approximate surface area is 143 Å². The Balaban J connectivity index is 2.16. The summed E-state index contributed by atoms with van der Waals surface area (Å²) in [6.07, 6.45) is 0. The van der Waals surface area contributed by atoms with Crippen LogP contribution in [0.15, 0.2) is 36.4 Å². The minimum Gasteiger partial charge on any atom is -0.352 e. The van der Waals surface area contributed by atoms with Crippen molar-refractivity contribution in [1.82, 2.24) is 5.32 Å². The van der Waals surface area contributed by atoms with Crippen LogP contribution >= 0.6 is 0 Å². The Morgan fingerprint density at radius 3 is 2.24 bits per heavy atom. The summed E-state index contributed by atoms with van der Waals surface area (Å²) in [5.41, 5.74) is -0.140. The molecule has 0 atom stereocenters. The minimum atomic E-state index is -1.67. The van der Waals surface area contributed by atoms with Gasteiger partial charge in [-0.05, 0) is 36.2 Å². The molecule has 2 amide bonds. The molecule has 0 fully saturated rings. The molecule has 0 saturated carbocycles. The van der Waals surface area contributed by atoms with Crippen LogP contribution in [0, 0.1) is 23.4 Å². The van der Waals surface area contributed by atoms with Crippen LogP contribution in [0.3, 0.4) is 0 Å². The van der Waals surface area contributed by atoms with Gasteiger partial charge in [-0.15, -0.1) is 0 Å². The van der Waals surface area contributed by atoms with Gasteiger partial charge in [-0.3, -0.25) is 9.59 Å². The summed E-state index contributed by atoms with van der Waals surface area (Å²) in [5, 5.41) is 4.87. The van der Waals surface area contributed by atoms with E-state index in [0.29, 0.717) is 12.6 Å². The molecule has 0 spiro atoms. The van der Waals surface area contributed by atoms with Gasteiger partial charge in [-0.25, -0.2) is 13.2 Å². The van der Waals surface area contributed by atoms with Crippen LogP contribution in [0.25, 0.3) is 0 Å². The summed E-state index contributed by atoms with van der Waals surface area (Å²) in [6, 6.07) is 7.43. The number of anilines is 1. The van der Waals surface area contributed by atoms with E-state index in [4.69, 9.17) is 0 Å². The van der Waals surface area contributed by atoms with E-state index >= 15 is 0 Å². The number of halogens is 3. The fourth-order valence-corrected chi connectivity index (χ4v) is 2.02. The van der Waals surface area contributed by atoms with Crippen molar-refractivity contribution in [3.05, 3.63) is 65.0 Å². The van der Waals surface area contributed by atoms with Crippen LogP contribution in [0.4, 0.5) is 18.9 Å². The molecule has 0 aliphatic rings. The van der Waals surface area contributed by atoms with Crippen molar-refractivity contribution in [1.29, 1.82) is 0 Å². The van der Waals surface area contributed by atoms with Gasteiger partial charge in [-0.1, -0.05) is 19.9 Å². The molecule has 0 bridgehead atoms. The SMILES string of the molecule is CC(C)CNC(=O)c1cccc(C(=O)Nc2ccc(F)c(F)c2F)c1. The van der Waals surface area contributed by atoms with Crippen LogP contribution in [0.1, 0.15) is 34.6 Å². The highest BCUT2D eigenvalue weighted by atomic mass is 19.2. The number of carbonyl (C=O) groups is 2. The van der Waals surface area contributed by atoms with E-state index in [9.17, 15) is 22.8 Å². The van der Waals surface area contributed by atoms with Crippen molar-refractivity contribution in [2.45, 2.75) is 13.8 Å². The average Bonchev–Trinajstić information content (AvgIpc) is 2.60. The van der Waals surface area contributed by atoms with Crippen LogP contribution in [-0.4, -0.2) is 18.4 Å². The van der Waals surface area contributed by atoms with E-state index in [2.05, 4.69) is 10.6 Å². The van der Waals surface area contributed by atoms with Crippen LogP contribution in [0.2, 0.25) is 0 Å². The zero-order valence-electron chi connectivity index (χ0n) is 13.7. The number of rotatable bonds is 5. The van der Waals surface area contributed by atoms with Gasteiger partial charge in [0.1, 0.15) is 0 Å². The number of amides is 2. The molecule has 4 nitrogen and oxygen atoms in total. The normalized spacial score (nSPS) is 10.6. The highest BCUT2D eigenvalue weighted by Crippen LogP contribution is 2.20. The van der Waals surface area contributed by atoms with E-state index in [1.165, 1.54) is 24.3 Å². The molecule has 0 aliphatic heterocycles. The molecule has 0 radical (unpaired) electrons. The Hall–Kier alpha value is -2.83. The lowest BCUT2D eigenvalue weighted by atomic mass is 10.1. The third kappa shape index (κ3) is 4.59. The average molecular weight is 350 g/mol. The Kier molecular flexibility index (Phi) is 5.80. The molecule has 132 valence electrons. The molecule has 0 heterocycles. The van der Waals surface area contributed by atoms with Crippen molar-refractivity contribution in [2.24, 2.45) is 5.92 Å².